The number of rotatable bonds is 6. The molecular formula is C25H32N2O5. The summed E-state index contributed by atoms with van der Waals surface area (Å²) in [4.78, 5) is 28.6. The molecule has 2 heterocycles. The maximum Gasteiger partial charge on any atom is 0.252 e. The van der Waals surface area contributed by atoms with E-state index in [0.717, 1.165) is 36.2 Å². The lowest BCUT2D eigenvalue weighted by Gasteiger charge is -2.37. The number of ether oxygens (including phenoxy) is 3. The van der Waals surface area contributed by atoms with Gasteiger partial charge in [0.2, 0.25) is 0 Å². The Kier molecular flexibility index (Phi) is 6.84. The Hall–Kier alpha value is -2.80. The molecule has 3 aliphatic rings. The van der Waals surface area contributed by atoms with Gasteiger partial charge in [-0.3, -0.25) is 9.59 Å². The van der Waals surface area contributed by atoms with E-state index in [0.29, 0.717) is 62.0 Å². The second kappa shape index (κ2) is 9.77. The quantitative estimate of drug-likeness (QED) is 0.731. The highest BCUT2D eigenvalue weighted by molar-refractivity contribution is 6.05. The number of dihydropyridines is 1. The van der Waals surface area contributed by atoms with Crippen molar-refractivity contribution in [3.8, 4) is 11.5 Å². The van der Waals surface area contributed by atoms with Gasteiger partial charge in [-0.05, 0) is 43.9 Å². The molecule has 172 valence electrons. The number of hydrogen-bond donors (Lipinski definition) is 1. The highest BCUT2D eigenvalue weighted by Gasteiger charge is 2.40. The molecule has 1 N–H and O–H groups in total. The highest BCUT2D eigenvalue weighted by Crippen LogP contribution is 2.44. The van der Waals surface area contributed by atoms with Gasteiger partial charge >= 0.3 is 0 Å². The van der Waals surface area contributed by atoms with Crippen LogP contribution in [0, 0.1) is 0 Å². The molecule has 1 aromatic carbocycles. The summed E-state index contributed by atoms with van der Waals surface area (Å²) in [6.45, 7) is 6.73. The topological polar surface area (TPSA) is 77.1 Å². The number of hydrogen-bond acceptors (Lipinski definition) is 6. The fourth-order valence-electron chi connectivity index (χ4n) is 4.73. The molecule has 32 heavy (non-hydrogen) atoms. The molecule has 1 unspecified atom stereocenters. The Balaban J connectivity index is 1.79. The Bertz CT molecular complexity index is 959. The van der Waals surface area contributed by atoms with Crippen molar-refractivity contribution in [1.29, 1.82) is 0 Å². The fraction of sp³-hybridized carbons (Fsp3) is 0.520. The van der Waals surface area contributed by atoms with E-state index in [4.69, 9.17) is 14.2 Å². The SMILES string of the molecule is CCCOc1ccc(C2C(C(=O)N3CCOCC3)=C(C)NC3=C2C(=O)CCC3)cc1OC. The zero-order valence-corrected chi connectivity index (χ0v) is 19.2. The molecule has 2 aliphatic heterocycles. The van der Waals surface area contributed by atoms with Gasteiger partial charge in [0.15, 0.2) is 17.3 Å². The standard InChI is InChI=1S/C25H32N2O5/c1-4-12-32-20-9-8-17(15-21(20)30-3)23-22(25(29)27-10-13-31-14-11-27)16(2)26-18-6-5-7-19(28)24(18)23/h8-9,15,23,26H,4-7,10-14H2,1-3H3. The van der Waals surface area contributed by atoms with E-state index in [9.17, 15) is 9.59 Å². The van der Waals surface area contributed by atoms with E-state index >= 15 is 0 Å². The molecule has 7 nitrogen and oxygen atoms in total. The lowest BCUT2D eigenvalue weighted by molar-refractivity contribution is -0.131. The number of allylic oxidation sites excluding steroid dienone is 3. The zero-order chi connectivity index (χ0) is 22.7. The number of ketones is 1. The van der Waals surface area contributed by atoms with Gasteiger partial charge in [-0.2, -0.15) is 0 Å². The number of Topliss-reactive ketones (excluding diaryl/α,β-unsaturated/α-hetero) is 1. The minimum absolute atomic E-state index is 0.0431. The van der Waals surface area contributed by atoms with Crippen LogP contribution in [-0.2, 0) is 14.3 Å². The van der Waals surface area contributed by atoms with Gasteiger partial charge in [-0.15, -0.1) is 0 Å². The normalized spacial score (nSPS) is 21.3. The molecule has 1 aromatic rings. The summed E-state index contributed by atoms with van der Waals surface area (Å²) in [6, 6.07) is 5.74. The largest absolute Gasteiger partial charge is 0.493 e. The van der Waals surface area contributed by atoms with E-state index < -0.39 is 5.92 Å². The number of nitrogens with zero attached hydrogens (tertiary/aromatic N) is 1. The Labute approximate surface area is 189 Å². The van der Waals surface area contributed by atoms with Gasteiger partial charge in [0, 0.05) is 48.0 Å². The molecule has 0 radical (unpaired) electrons. The summed E-state index contributed by atoms with van der Waals surface area (Å²) in [5.74, 6) is 0.907. The van der Waals surface area contributed by atoms with Gasteiger partial charge in [-0.25, -0.2) is 0 Å². The Morgan fingerprint density at radius 2 is 2.00 bits per heavy atom. The van der Waals surface area contributed by atoms with Crippen molar-refractivity contribution in [2.75, 3.05) is 40.0 Å². The predicted octanol–water partition coefficient (Wildman–Crippen LogP) is 3.31. The molecule has 0 bridgehead atoms. The first-order valence-electron chi connectivity index (χ1n) is 11.5. The maximum atomic E-state index is 13.7. The van der Waals surface area contributed by atoms with Crippen LogP contribution >= 0.6 is 0 Å². The van der Waals surface area contributed by atoms with Crippen molar-refractivity contribution in [3.63, 3.8) is 0 Å². The summed E-state index contributed by atoms with van der Waals surface area (Å²) in [7, 11) is 1.61. The summed E-state index contributed by atoms with van der Waals surface area (Å²) in [6.07, 6.45) is 3.03. The first-order valence-corrected chi connectivity index (χ1v) is 11.5. The number of carbonyl (C=O) groups is 2. The van der Waals surface area contributed by atoms with Crippen molar-refractivity contribution >= 4 is 11.7 Å². The van der Waals surface area contributed by atoms with Crippen molar-refractivity contribution in [2.24, 2.45) is 0 Å². The average Bonchev–Trinajstić information content (AvgIpc) is 2.82. The number of morpholine rings is 1. The number of carbonyl (C=O) groups excluding carboxylic acids is 2. The highest BCUT2D eigenvalue weighted by atomic mass is 16.5. The summed E-state index contributed by atoms with van der Waals surface area (Å²) >= 11 is 0. The van der Waals surface area contributed by atoms with E-state index in [1.165, 1.54) is 0 Å². The van der Waals surface area contributed by atoms with Crippen LogP contribution in [0.25, 0.3) is 0 Å². The van der Waals surface area contributed by atoms with Crippen LogP contribution in [0.3, 0.4) is 0 Å². The number of nitrogens with one attached hydrogen (secondary N) is 1. The molecule has 1 aliphatic carbocycles. The molecule has 1 atom stereocenters. The third-order valence-corrected chi connectivity index (χ3v) is 6.29. The van der Waals surface area contributed by atoms with E-state index in [2.05, 4.69) is 12.2 Å². The maximum absolute atomic E-state index is 13.7. The Morgan fingerprint density at radius 3 is 2.72 bits per heavy atom. The molecule has 1 fully saturated rings. The van der Waals surface area contributed by atoms with E-state index in [1.54, 1.807) is 7.11 Å². The molecular weight excluding hydrogens is 408 g/mol. The lowest BCUT2D eigenvalue weighted by Crippen LogP contribution is -2.44. The minimum atomic E-state index is -0.427. The van der Waals surface area contributed by atoms with Gasteiger partial charge in [-0.1, -0.05) is 13.0 Å². The molecule has 4 rings (SSSR count). The smallest absolute Gasteiger partial charge is 0.252 e. The van der Waals surface area contributed by atoms with Crippen LogP contribution in [-0.4, -0.2) is 56.6 Å². The number of benzene rings is 1. The van der Waals surface area contributed by atoms with Crippen LogP contribution in [0.1, 0.15) is 51.0 Å². The first-order chi connectivity index (χ1) is 15.5. The second-order valence-electron chi connectivity index (χ2n) is 8.43. The van der Waals surface area contributed by atoms with Gasteiger partial charge in [0.05, 0.1) is 26.9 Å². The van der Waals surface area contributed by atoms with Gasteiger partial charge in [0.1, 0.15) is 0 Å². The third kappa shape index (κ3) is 4.26. The molecule has 0 spiro atoms. The monoisotopic (exact) mass is 440 g/mol. The minimum Gasteiger partial charge on any atom is -0.493 e. The second-order valence-corrected chi connectivity index (χ2v) is 8.43. The lowest BCUT2D eigenvalue weighted by atomic mass is 9.74. The summed E-state index contributed by atoms with van der Waals surface area (Å²) in [5.41, 5.74) is 3.96. The molecule has 0 saturated carbocycles. The molecule has 1 amide bonds. The fourth-order valence-corrected chi connectivity index (χ4v) is 4.73. The van der Waals surface area contributed by atoms with Crippen LogP contribution < -0.4 is 14.8 Å². The molecule has 7 heteroatoms. The van der Waals surface area contributed by atoms with Crippen LogP contribution in [0.15, 0.2) is 40.7 Å². The van der Waals surface area contributed by atoms with E-state index in [-0.39, 0.29) is 11.7 Å². The van der Waals surface area contributed by atoms with Crippen molar-refractivity contribution in [1.82, 2.24) is 10.2 Å². The number of methoxy groups -OCH3 is 1. The zero-order valence-electron chi connectivity index (χ0n) is 19.2. The van der Waals surface area contributed by atoms with Crippen LogP contribution in [0.4, 0.5) is 0 Å². The summed E-state index contributed by atoms with van der Waals surface area (Å²) in [5, 5.41) is 3.39. The van der Waals surface area contributed by atoms with E-state index in [1.807, 2.05) is 30.0 Å². The van der Waals surface area contributed by atoms with Crippen molar-refractivity contribution in [2.45, 2.75) is 45.4 Å². The summed E-state index contributed by atoms with van der Waals surface area (Å²) < 4.78 is 16.9. The average molecular weight is 441 g/mol. The number of amides is 1. The van der Waals surface area contributed by atoms with Gasteiger partial charge < -0.3 is 24.4 Å². The molecule has 1 saturated heterocycles. The van der Waals surface area contributed by atoms with Crippen LogP contribution in [0.2, 0.25) is 0 Å². The van der Waals surface area contributed by atoms with Gasteiger partial charge in [0.25, 0.3) is 5.91 Å². The van der Waals surface area contributed by atoms with Crippen LogP contribution in [0.5, 0.6) is 11.5 Å². The van der Waals surface area contributed by atoms with Crippen molar-refractivity contribution < 1.29 is 23.8 Å². The Morgan fingerprint density at radius 1 is 1.22 bits per heavy atom. The van der Waals surface area contributed by atoms with Crippen molar-refractivity contribution in [3.05, 3.63) is 46.3 Å². The third-order valence-electron chi connectivity index (χ3n) is 6.29. The predicted molar refractivity (Wildman–Crippen MR) is 121 cm³/mol. The first kappa shape index (κ1) is 22.4. The molecule has 0 aromatic heterocycles.